The number of benzene rings is 3. The van der Waals surface area contributed by atoms with E-state index < -0.39 is 24.1 Å². The Morgan fingerprint density at radius 3 is 2.40 bits per heavy atom. The number of nitrogens with one attached hydrogen (secondary N) is 1. The first-order valence-corrected chi connectivity index (χ1v) is 13.6. The van der Waals surface area contributed by atoms with E-state index in [1.165, 1.54) is 24.1 Å². The molecular formula is C30H28ClF3N2O6. The first-order chi connectivity index (χ1) is 20.0. The number of nitrogens with zero attached hydrogens (tertiary/aromatic N) is 1. The highest BCUT2D eigenvalue weighted by Gasteiger charge is 2.54. The first-order valence-electron chi connectivity index (χ1n) is 13.2. The van der Waals surface area contributed by atoms with Crippen LogP contribution in [0, 0.1) is 0 Å². The molecule has 5 rings (SSSR count). The van der Waals surface area contributed by atoms with E-state index in [2.05, 4.69) is 10.1 Å². The summed E-state index contributed by atoms with van der Waals surface area (Å²) in [6.45, 7) is 0.492. The molecule has 1 heterocycles. The third kappa shape index (κ3) is 6.67. The lowest BCUT2D eigenvalue weighted by Crippen LogP contribution is -2.38. The molecule has 2 aliphatic rings. The highest BCUT2D eigenvalue weighted by atomic mass is 35.5. The van der Waals surface area contributed by atoms with E-state index in [0.717, 1.165) is 18.4 Å². The van der Waals surface area contributed by atoms with Crippen molar-refractivity contribution in [2.45, 2.75) is 43.5 Å². The van der Waals surface area contributed by atoms with Crippen molar-refractivity contribution in [2.24, 2.45) is 0 Å². The summed E-state index contributed by atoms with van der Waals surface area (Å²) in [7, 11) is 1.48. The van der Waals surface area contributed by atoms with E-state index in [1.807, 2.05) is 0 Å². The Morgan fingerprint density at radius 1 is 1.05 bits per heavy atom. The molecule has 0 aromatic heterocycles. The van der Waals surface area contributed by atoms with E-state index in [0.29, 0.717) is 46.4 Å². The number of carbonyl (C=O) groups excluding carboxylic acids is 1. The lowest BCUT2D eigenvalue weighted by Gasteiger charge is -2.27. The van der Waals surface area contributed by atoms with Crippen LogP contribution in [0.15, 0.2) is 60.7 Å². The van der Waals surface area contributed by atoms with Gasteiger partial charge in [0.15, 0.2) is 0 Å². The number of halogens is 4. The first kappa shape index (κ1) is 29.4. The number of anilines is 2. The topological polar surface area (TPSA) is 97.3 Å². The molecule has 1 atom stereocenters. The number of aliphatic carboxylic acids is 1. The molecule has 1 saturated carbocycles. The summed E-state index contributed by atoms with van der Waals surface area (Å²) in [5.74, 6) is -0.858. The van der Waals surface area contributed by atoms with E-state index in [4.69, 9.17) is 26.2 Å². The molecule has 0 radical (unpaired) electrons. The summed E-state index contributed by atoms with van der Waals surface area (Å²) in [4.78, 5) is 26.6. The van der Waals surface area contributed by atoms with Crippen LogP contribution in [0.4, 0.5) is 24.5 Å². The molecule has 0 bridgehead atoms. The van der Waals surface area contributed by atoms with Crippen LogP contribution in [0.25, 0.3) is 0 Å². The zero-order chi connectivity index (χ0) is 30.1. The van der Waals surface area contributed by atoms with E-state index >= 15 is 0 Å². The Hall–Kier alpha value is -4.12. The minimum absolute atomic E-state index is 0.0449. The number of alkyl halides is 3. The highest BCUT2D eigenvalue weighted by Crippen LogP contribution is 2.57. The number of hydrogen-bond acceptors (Lipinski definition) is 6. The summed E-state index contributed by atoms with van der Waals surface area (Å²) in [5, 5.41) is 12.6. The summed E-state index contributed by atoms with van der Waals surface area (Å²) < 4.78 is 54.3. The normalized spacial score (nSPS) is 15.6. The van der Waals surface area contributed by atoms with Gasteiger partial charge in [0.25, 0.3) is 5.91 Å². The van der Waals surface area contributed by atoms with Crippen molar-refractivity contribution in [3.63, 3.8) is 0 Å². The van der Waals surface area contributed by atoms with Crippen molar-refractivity contribution in [3.05, 3.63) is 76.8 Å². The van der Waals surface area contributed by atoms with Gasteiger partial charge < -0.3 is 29.5 Å². The predicted molar refractivity (Wildman–Crippen MR) is 150 cm³/mol. The van der Waals surface area contributed by atoms with Gasteiger partial charge in [-0.1, -0.05) is 29.8 Å². The van der Waals surface area contributed by atoms with Crippen molar-refractivity contribution in [2.75, 3.05) is 30.5 Å². The molecule has 1 spiro atoms. The molecule has 222 valence electrons. The van der Waals surface area contributed by atoms with Crippen molar-refractivity contribution in [1.82, 2.24) is 0 Å². The number of fused-ring (bicyclic) bond motifs is 2. The van der Waals surface area contributed by atoms with E-state index in [-0.39, 0.29) is 24.3 Å². The lowest BCUT2D eigenvalue weighted by molar-refractivity contribution is -0.274. The van der Waals surface area contributed by atoms with Gasteiger partial charge in [0.2, 0.25) is 0 Å². The number of carbonyl (C=O) groups is 2. The van der Waals surface area contributed by atoms with Crippen LogP contribution >= 0.6 is 11.6 Å². The maximum atomic E-state index is 14.3. The molecule has 0 saturated heterocycles. The van der Waals surface area contributed by atoms with Gasteiger partial charge in [-0.3, -0.25) is 9.59 Å². The van der Waals surface area contributed by atoms with Crippen LogP contribution in [-0.2, 0) is 15.0 Å². The molecule has 1 amide bonds. The minimum Gasteiger partial charge on any atom is -0.497 e. The molecule has 1 aliphatic heterocycles. The van der Waals surface area contributed by atoms with Gasteiger partial charge in [-0.2, -0.15) is 0 Å². The highest BCUT2D eigenvalue weighted by molar-refractivity contribution is 6.30. The Morgan fingerprint density at radius 2 is 1.76 bits per heavy atom. The molecule has 42 heavy (non-hydrogen) atoms. The predicted octanol–water partition coefficient (Wildman–Crippen LogP) is 6.72. The Bertz CT molecular complexity index is 1480. The van der Waals surface area contributed by atoms with Crippen LogP contribution in [0.5, 0.6) is 17.2 Å². The summed E-state index contributed by atoms with van der Waals surface area (Å²) in [6, 6.07) is 14.9. The Balaban J connectivity index is 1.47. The Labute approximate surface area is 244 Å². The fourth-order valence-corrected chi connectivity index (χ4v) is 5.29. The molecule has 1 aliphatic carbocycles. The Kier molecular flexibility index (Phi) is 8.14. The third-order valence-corrected chi connectivity index (χ3v) is 7.58. The standard InChI is InChI=1S/C30H28ClF3N2O6/c1-40-22-13-20(14-23(15-22)41-12-2-3-26(37)38)35-27(18-4-6-19(31)7-5-18)28(39)36-17-29(10-11-29)24-9-8-21(16-25(24)36)42-30(32,33)34/h4-9,13-16,27,35H,2-3,10-12,17H2,1H3,(H,37,38). The van der Waals surface area contributed by atoms with Crippen LogP contribution in [-0.4, -0.2) is 43.6 Å². The smallest absolute Gasteiger partial charge is 0.497 e. The van der Waals surface area contributed by atoms with E-state index in [1.54, 1.807) is 48.5 Å². The number of hydrogen-bond donors (Lipinski definition) is 2. The fraction of sp³-hybridized carbons (Fsp3) is 0.333. The number of ether oxygens (including phenoxy) is 3. The SMILES string of the molecule is COc1cc(NC(C(=O)N2CC3(CC3)c3ccc(OC(F)(F)F)cc32)c2ccc(Cl)cc2)cc(OCCCC(=O)O)c1. The average Bonchev–Trinajstić information content (AvgIpc) is 3.65. The second-order valence-electron chi connectivity index (χ2n) is 10.3. The monoisotopic (exact) mass is 604 g/mol. The maximum Gasteiger partial charge on any atom is 0.573 e. The van der Waals surface area contributed by atoms with E-state index in [9.17, 15) is 22.8 Å². The van der Waals surface area contributed by atoms with Crippen LogP contribution < -0.4 is 24.4 Å². The molecule has 1 unspecified atom stereocenters. The second kappa shape index (κ2) is 11.6. The van der Waals surface area contributed by atoms with Crippen molar-refractivity contribution < 1.29 is 42.1 Å². The van der Waals surface area contributed by atoms with Gasteiger partial charge in [-0.05, 0) is 48.6 Å². The van der Waals surface area contributed by atoms with Crippen molar-refractivity contribution in [3.8, 4) is 17.2 Å². The second-order valence-corrected chi connectivity index (χ2v) is 10.7. The maximum absolute atomic E-state index is 14.3. The average molecular weight is 605 g/mol. The molecule has 3 aromatic rings. The fourth-order valence-electron chi connectivity index (χ4n) is 5.16. The number of carboxylic acids is 1. The summed E-state index contributed by atoms with van der Waals surface area (Å²) in [5.41, 5.74) is 1.97. The van der Waals surface area contributed by atoms with Gasteiger partial charge >= 0.3 is 12.3 Å². The van der Waals surface area contributed by atoms with Gasteiger partial charge in [-0.15, -0.1) is 13.2 Å². The number of rotatable bonds is 11. The van der Waals surface area contributed by atoms with Gasteiger partial charge in [0.1, 0.15) is 23.3 Å². The molecule has 1 fully saturated rings. The zero-order valence-corrected chi connectivity index (χ0v) is 23.3. The van der Waals surface area contributed by atoms with Gasteiger partial charge in [-0.25, -0.2) is 0 Å². The van der Waals surface area contributed by atoms with Gasteiger partial charge in [0, 0.05) is 53.4 Å². The zero-order valence-electron chi connectivity index (χ0n) is 22.5. The van der Waals surface area contributed by atoms with Crippen LogP contribution in [0.2, 0.25) is 5.02 Å². The molecule has 3 aromatic carbocycles. The quantitative estimate of drug-likeness (QED) is 0.234. The number of amides is 1. The minimum atomic E-state index is -4.87. The molecule has 12 heteroatoms. The van der Waals surface area contributed by atoms with Crippen molar-refractivity contribution >= 4 is 34.9 Å². The summed E-state index contributed by atoms with van der Waals surface area (Å²) >= 11 is 6.12. The summed E-state index contributed by atoms with van der Waals surface area (Å²) in [6.07, 6.45) is -2.97. The van der Waals surface area contributed by atoms with Crippen LogP contribution in [0.3, 0.4) is 0 Å². The molecular weight excluding hydrogens is 577 g/mol. The number of methoxy groups -OCH3 is 1. The third-order valence-electron chi connectivity index (χ3n) is 7.33. The lowest BCUT2D eigenvalue weighted by atomic mass is 9.99. The van der Waals surface area contributed by atoms with Crippen molar-refractivity contribution in [1.29, 1.82) is 0 Å². The largest absolute Gasteiger partial charge is 0.573 e. The van der Waals surface area contributed by atoms with Gasteiger partial charge in [0.05, 0.1) is 19.4 Å². The molecule has 8 nitrogen and oxygen atoms in total. The number of carboxylic acid groups (broad SMARTS) is 1. The van der Waals surface area contributed by atoms with Crippen LogP contribution in [0.1, 0.15) is 42.9 Å². The molecule has 2 N–H and O–H groups in total.